The van der Waals surface area contributed by atoms with E-state index in [2.05, 4.69) is 31.0 Å². The minimum atomic E-state index is 0.234. The number of carbonyl (C=O) groups is 1. The summed E-state index contributed by atoms with van der Waals surface area (Å²) in [6, 6.07) is 0.396. The van der Waals surface area contributed by atoms with Gasteiger partial charge in [-0.2, -0.15) is 0 Å². The van der Waals surface area contributed by atoms with Gasteiger partial charge in [0.25, 0.3) is 0 Å². The van der Waals surface area contributed by atoms with E-state index in [1.165, 1.54) is 19.3 Å². The maximum atomic E-state index is 12.3. The maximum absolute atomic E-state index is 12.3. The maximum Gasteiger partial charge on any atom is 0.221 e. The fraction of sp³-hybridized carbons (Fsp3) is 0.941. The summed E-state index contributed by atoms with van der Waals surface area (Å²) in [4.78, 5) is 14.6. The minimum absolute atomic E-state index is 0.234. The number of carbonyl (C=O) groups excluding carboxylic acids is 1. The van der Waals surface area contributed by atoms with E-state index in [-0.39, 0.29) is 5.91 Å². The largest absolute Gasteiger partial charge is 0.379 e. The van der Waals surface area contributed by atoms with Crippen LogP contribution in [0.15, 0.2) is 0 Å². The normalized spacial score (nSPS) is 38.6. The zero-order valence-electron chi connectivity index (χ0n) is 13.8. The van der Waals surface area contributed by atoms with Crippen LogP contribution in [-0.4, -0.2) is 49.7 Å². The van der Waals surface area contributed by atoms with Crippen LogP contribution < -0.4 is 5.32 Å². The van der Waals surface area contributed by atoms with Gasteiger partial charge in [0.1, 0.15) is 0 Å². The van der Waals surface area contributed by atoms with Gasteiger partial charge in [0.15, 0.2) is 0 Å². The van der Waals surface area contributed by atoms with Crippen LogP contribution in [-0.2, 0) is 9.53 Å². The van der Waals surface area contributed by atoms with Crippen molar-refractivity contribution in [3.63, 3.8) is 0 Å². The third kappa shape index (κ3) is 3.11. The number of morpholine rings is 1. The van der Waals surface area contributed by atoms with Crippen LogP contribution in [0.4, 0.5) is 0 Å². The van der Waals surface area contributed by atoms with Crippen molar-refractivity contribution < 1.29 is 9.53 Å². The number of hydrogen-bond acceptors (Lipinski definition) is 3. The van der Waals surface area contributed by atoms with Gasteiger partial charge in [-0.3, -0.25) is 9.69 Å². The van der Waals surface area contributed by atoms with E-state index >= 15 is 0 Å². The molecule has 0 aromatic heterocycles. The van der Waals surface area contributed by atoms with Crippen molar-refractivity contribution in [1.29, 1.82) is 0 Å². The molecule has 1 heterocycles. The molecular weight excluding hydrogens is 264 g/mol. The van der Waals surface area contributed by atoms with Crippen LogP contribution in [0, 0.1) is 16.7 Å². The standard InChI is InChI=1S/C17H30N2O2/c1-16(2)12-17(3)11-13(16)10-14(17)18-15(20)4-5-19-6-8-21-9-7-19/h13-14H,4-12H2,1-3H3,(H,18,20)/t13-,14+,17+/m1/s1. The van der Waals surface area contributed by atoms with Gasteiger partial charge in [-0.25, -0.2) is 0 Å². The van der Waals surface area contributed by atoms with Crippen molar-refractivity contribution in [3.05, 3.63) is 0 Å². The van der Waals surface area contributed by atoms with Gasteiger partial charge in [-0.1, -0.05) is 20.8 Å². The van der Waals surface area contributed by atoms with E-state index in [9.17, 15) is 4.79 Å². The Morgan fingerprint density at radius 1 is 1.29 bits per heavy atom. The monoisotopic (exact) mass is 294 g/mol. The van der Waals surface area contributed by atoms with Gasteiger partial charge < -0.3 is 10.1 Å². The zero-order chi connectivity index (χ0) is 15.1. The van der Waals surface area contributed by atoms with Crippen molar-refractivity contribution >= 4 is 5.91 Å². The molecule has 0 spiro atoms. The molecule has 3 rings (SSSR count). The van der Waals surface area contributed by atoms with Gasteiger partial charge in [-0.05, 0) is 36.0 Å². The quantitative estimate of drug-likeness (QED) is 0.863. The molecule has 0 radical (unpaired) electrons. The molecule has 120 valence electrons. The van der Waals surface area contributed by atoms with Crippen LogP contribution in [0.2, 0.25) is 0 Å². The third-order valence-corrected chi connectivity index (χ3v) is 6.13. The molecule has 0 aromatic carbocycles. The molecular formula is C17H30N2O2. The Bertz CT molecular complexity index is 404. The topological polar surface area (TPSA) is 41.6 Å². The summed E-state index contributed by atoms with van der Waals surface area (Å²) >= 11 is 0. The smallest absolute Gasteiger partial charge is 0.221 e. The number of rotatable bonds is 4. The lowest BCUT2D eigenvalue weighted by molar-refractivity contribution is -0.123. The van der Waals surface area contributed by atoms with E-state index in [0.29, 0.717) is 23.3 Å². The average Bonchev–Trinajstić information content (AvgIpc) is 2.86. The van der Waals surface area contributed by atoms with Gasteiger partial charge in [0.05, 0.1) is 13.2 Å². The van der Waals surface area contributed by atoms with Crippen molar-refractivity contribution in [1.82, 2.24) is 10.2 Å². The molecule has 0 aromatic rings. The van der Waals surface area contributed by atoms with Crippen LogP contribution >= 0.6 is 0 Å². The highest BCUT2D eigenvalue weighted by Gasteiger charge is 2.57. The molecule has 1 saturated heterocycles. The van der Waals surface area contributed by atoms with Crippen LogP contribution in [0.25, 0.3) is 0 Å². The molecule has 0 unspecified atom stereocenters. The predicted octanol–water partition coefficient (Wildman–Crippen LogP) is 2.04. The van der Waals surface area contributed by atoms with Crippen molar-refractivity contribution in [2.24, 2.45) is 16.7 Å². The van der Waals surface area contributed by atoms with Crippen molar-refractivity contribution in [3.8, 4) is 0 Å². The number of amides is 1. The fourth-order valence-electron chi connectivity index (χ4n) is 4.92. The summed E-state index contributed by atoms with van der Waals surface area (Å²) < 4.78 is 5.34. The van der Waals surface area contributed by atoms with E-state index < -0.39 is 0 Å². The summed E-state index contributed by atoms with van der Waals surface area (Å²) in [5.41, 5.74) is 0.784. The molecule has 4 heteroatoms. The van der Waals surface area contributed by atoms with Crippen LogP contribution in [0.3, 0.4) is 0 Å². The van der Waals surface area contributed by atoms with Gasteiger partial charge in [0.2, 0.25) is 5.91 Å². The molecule has 4 nitrogen and oxygen atoms in total. The molecule has 3 atom stereocenters. The van der Waals surface area contributed by atoms with E-state index in [0.717, 1.165) is 38.8 Å². The molecule has 21 heavy (non-hydrogen) atoms. The third-order valence-electron chi connectivity index (χ3n) is 6.13. The molecule has 3 fully saturated rings. The first kappa shape index (κ1) is 15.3. The number of nitrogens with one attached hydrogen (secondary N) is 1. The van der Waals surface area contributed by atoms with Gasteiger partial charge >= 0.3 is 0 Å². The first-order valence-corrected chi connectivity index (χ1v) is 8.49. The summed E-state index contributed by atoms with van der Waals surface area (Å²) in [5, 5.41) is 3.33. The molecule has 1 aliphatic heterocycles. The minimum Gasteiger partial charge on any atom is -0.379 e. The molecule has 2 saturated carbocycles. The lowest BCUT2D eigenvalue weighted by atomic mass is 9.70. The highest BCUT2D eigenvalue weighted by Crippen LogP contribution is 2.62. The van der Waals surface area contributed by atoms with Crippen molar-refractivity contribution in [2.75, 3.05) is 32.8 Å². The van der Waals surface area contributed by atoms with Crippen molar-refractivity contribution in [2.45, 2.75) is 52.5 Å². The van der Waals surface area contributed by atoms with Crippen LogP contribution in [0.5, 0.6) is 0 Å². The number of nitrogens with zero attached hydrogens (tertiary/aromatic N) is 1. The van der Waals surface area contributed by atoms with E-state index in [1.54, 1.807) is 0 Å². The Morgan fingerprint density at radius 3 is 2.57 bits per heavy atom. The summed E-state index contributed by atoms with van der Waals surface area (Å²) in [6.07, 6.45) is 4.33. The predicted molar refractivity (Wildman–Crippen MR) is 83.0 cm³/mol. The second-order valence-electron chi connectivity index (χ2n) is 8.28. The zero-order valence-corrected chi connectivity index (χ0v) is 13.8. The first-order chi connectivity index (χ1) is 9.89. The molecule has 3 aliphatic rings. The van der Waals surface area contributed by atoms with Gasteiger partial charge in [-0.15, -0.1) is 0 Å². The second-order valence-corrected chi connectivity index (χ2v) is 8.28. The molecule has 1 amide bonds. The lowest BCUT2D eigenvalue weighted by Gasteiger charge is -2.39. The number of ether oxygens (including phenoxy) is 1. The first-order valence-electron chi connectivity index (χ1n) is 8.49. The summed E-state index contributed by atoms with van der Waals surface area (Å²) in [6.45, 7) is 11.6. The number of fused-ring (bicyclic) bond motifs is 2. The van der Waals surface area contributed by atoms with Gasteiger partial charge in [0, 0.05) is 32.1 Å². The second kappa shape index (κ2) is 5.54. The Kier molecular flexibility index (Phi) is 4.04. The SMILES string of the molecule is CC1(C)C[C@]2(C)C[C@H]1C[C@@H]2NC(=O)CCN1CCOCC1. The molecule has 1 N–H and O–H groups in total. The Labute approximate surface area is 128 Å². The molecule has 2 bridgehead atoms. The van der Waals surface area contributed by atoms with Crippen LogP contribution in [0.1, 0.15) is 46.5 Å². The average molecular weight is 294 g/mol. The Balaban J connectivity index is 1.46. The highest BCUT2D eigenvalue weighted by molar-refractivity contribution is 5.76. The molecule has 2 aliphatic carbocycles. The summed E-state index contributed by atoms with van der Waals surface area (Å²) in [7, 11) is 0. The Morgan fingerprint density at radius 2 is 2.00 bits per heavy atom. The highest BCUT2D eigenvalue weighted by atomic mass is 16.5. The fourth-order valence-corrected chi connectivity index (χ4v) is 4.92. The number of hydrogen-bond donors (Lipinski definition) is 1. The lowest BCUT2D eigenvalue weighted by Crippen LogP contribution is -2.47. The van der Waals surface area contributed by atoms with E-state index in [4.69, 9.17) is 4.74 Å². The van der Waals surface area contributed by atoms with E-state index in [1.807, 2.05) is 0 Å². The Hall–Kier alpha value is -0.610. The summed E-state index contributed by atoms with van der Waals surface area (Å²) in [5.74, 6) is 1.02.